The van der Waals surface area contributed by atoms with Gasteiger partial charge in [-0.1, -0.05) is 28.6 Å². The predicted octanol–water partition coefficient (Wildman–Crippen LogP) is 2.78. The Morgan fingerprint density at radius 2 is 2.00 bits per heavy atom. The first-order valence-electron chi connectivity index (χ1n) is 5.78. The highest BCUT2D eigenvalue weighted by Crippen LogP contribution is 2.40. The van der Waals surface area contributed by atoms with Gasteiger partial charge in [-0.05, 0) is 6.07 Å². The smallest absolute Gasteiger partial charge is 0.324 e. The second kappa shape index (κ2) is 7.63. The van der Waals surface area contributed by atoms with E-state index < -0.39 is 15.7 Å². The second-order valence-electron chi connectivity index (χ2n) is 3.80. The van der Waals surface area contributed by atoms with E-state index in [-0.39, 0.29) is 29.4 Å². The lowest BCUT2D eigenvalue weighted by molar-refractivity contribution is -0.385. The van der Waals surface area contributed by atoms with Gasteiger partial charge in [0.15, 0.2) is 11.5 Å². The third kappa shape index (κ3) is 3.94. The monoisotopic (exact) mass is 359 g/mol. The molecule has 0 bridgehead atoms. The van der Waals surface area contributed by atoms with E-state index in [0.717, 1.165) is 0 Å². The number of esters is 1. The summed E-state index contributed by atoms with van der Waals surface area (Å²) in [5.41, 5.74) is -0.156. The topological polar surface area (TPSA) is 87.9 Å². The molecule has 0 aliphatic heterocycles. The van der Waals surface area contributed by atoms with Gasteiger partial charge < -0.3 is 14.2 Å². The molecule has 0 radical (unpaired) electrons. The Hall–Kier alpha value is -2.09. The molecule has 1 rings (SSSR count). The second-order valence-corrected chi connectivity index (χ2v) is 4.72. The highest BCUT2D eigenvalue weighted by Gasteiger charge is 2.29. The van der Waals surface area contributed by atoms with Gasteiger partial charge in [0.1, 0.15) is 11.4 Å². The number of ether oxygens (including phenoxy) is 3. The fourth-order valence-corrected chi connectivity index (χ4v) is 2.09. The minimum absolute atomic E-state index is 0.0159. The van der Waals surface area contributed by atoms with Gasteiger partial charge in [-0.15, -0.1) is 0 Å². The Balaban J connectivity index is 3.28. The van der Waals surface area contributed by atoms with Crippen LogP contribution in [0.15, 0.2) is 24.8 Å². The third-order valence-corrected chi connectivity index (χ3v) is 3.42. The van der Waals surface area contributed by atoms with Gasteiger partial charge in [0.2, 0.25) is 0 Å². The largest absolute Gasteiger partial charge is 0.493 e. The van der Waals surface area contributed by atoms with Crippen molar-refractivity contribution in [1.82, 2.24) is 0 Å². The van der Waals surface area contributed by atoms with Crippen LogP contribution in [-0.2, 0) is 9.53 Å². The van der Waals surface area contributed by atoms with Crippen LogP contribution in [0.3, 0.4) is 0 Å². The Morgan fingerprint density at radius 3 is 2.48 bits per heavy atom. The quantitative estimate of drug-likeness (QED) is 0.244. The summed E-state index contributed by atoms with van der Waals surface area (Å²) < 4.78 is 15.0. The molecule has 0 spiro atoms. The number of alkyl halides is 1. The van der Waals surface area contributed by atoms with Crippen LogP contribution in [0.1, 0.15) is 10.4 Å². The summed E-state index contributed by atoms with van der Waals surface area (Å²) in [6.07, 6.45) is 1.40. The maximum absolute atomic E-state index is 11.8. The van der Waals surface area contributed by atoms with Crippen molar-refractivity contribution in [2.75, 3.05) is 20.8 Å². The Bertz CT molecular complexity index is 560. The summed E-state index contributed by atoms with van der Waals surface area (Å²) >= 11 is 3.10. The maximum Gasteiger partial charge on any atom is 0.324 e. The van der Waals surface area contributed by atoms with Crippen LogP contribution in [0.2, 0.25) is 0 Å². The summed E-state index contributed by atoms with van der Waals surface area (Å²) in [5, 5.41) is 11.2. The molecule has 0 heterocycles. The van der Waals surface area contributed by atoms with Crippen molar-refractivity contribution < 1.29 is 23.9 Å². The highest BCUT2D eigenvalue weighted by atomic mass is 79.9. The molecule has 114 valence electrons. The molecule has 1 aromatic carbocycles. The summed E-state index contributed by atoms with van der Waals surface area (Å²) in [7, 11) is 2.76. The number of carbonyl (C=O) groups excluding carboxylic acids is 1. The predicted molar refractivity (Wildman–Crippen MR) is 79.0 cm³/mol. The van der Waals surface area contributed by atoms with Crippen LogP contribution in [0.25, 0.3) is 0 Å². The van der Waals surface area contributed by atoms with E-state index in [1.807, 2.05) is 0 Å². The van der Waals surface area contributed by atoms with Crippen molar-refractivity contribution in [2.45, 2.75) is 4.83 Å². The molecule has 0 saturated carbocycles. The molecule has 0 aliphatic rings. The number of benzene rings is 1. The van der Waals surface area contributed by atoms with Gasteiger partial charge in [-0.3, -0.25) is 14.9 Å². The Labute approximate surface area is 129 Å². The van der Waals surface area contributed by atoms with Crippen molar-refractivity contribution >= 4 is 27.6 Å². The van der Waals surface area contributed by atoms with Crippen LogP contribution in [0.4, 0.5) is 5.69 Å². The fourth-order valence-electron chi connectivity index (χ4n) is 1.59. The summed E-state index contributed by atoms with van der Waals surface area (Å²) in [5.74, 6) is -0.184. The summed E-state index contributed by atoms with van der Waals surface area (Å²) in [6, 6.07) is 2.56. The number of halogens is 1. The van der Waals surface area contributed by atoms with E-state index in [4.69, 9.17) is 14.2 Å². The minimum Gasteiger partial charge on any atom is -0.493 e. The van der Waals surface area contributed by atoms with Crippen LogP contribution < -0.4 is 9.47 Å². The fraction of sp³-hybridized carbons (Fsp3) is 0.308. The molecule has 8 heteroatoms. The standard InChI is InChI=1S/C13H14BrNO6/c1-4-5-21-13(16)12(14)8-6-10(19-2)11(20-3)7-9(8)15(17)18/h4,6-7,12H,1,5H2,2-3H3. The van der Waals surface area contributed by atoms with Crippen molar-refractivity contribution in [3.63, 3.8) is 0 Å². The molecular weight excluding hydrogens is 346 g/mol. The molecule has 1 unspecified atom stereocenters. The van der Waals surface area contributed by atoms with E-state index >= 15 is 0 Å². The molecule has 21 heavy (non-hydrogen) atoms. The Morgan fingerprint density at radius 1 is 1.43 bits per heavy atom. The first-order valence-corrected chi connectivity index (χ1v) is 6.69. The Kier molecular flexibility index (Phi) is 6.16. The summed E-state index contributed by atoms with van der Waals surface area (Å²) in [6.45, 7) is 3.44. The van der Waals surface area contributed by atoms with Gasteiger partial charge >= 0.3 is 5.97 Å². The number of hydrogen-bond acceptors (Lipinski definition) is 6. The minimum atomic E-state index is -1.00. The number of carbonyl (C=O) groups is 1. The SMILES string of the molecule is C=CCOC(=O)C(Br)c1cc(OC)c(OC)cc1[N+](=O)[O-]. The van der Waals surface area contributed by atoms with Crippen molar-refractivity contribution in [3.05, 3.63) is 40.5 Å². The zero-order valence-electron chi connectivity index (χ0n) is 11.5. The van der Waals surface area contributed by atoms with Crippen molar-refractivity contribution in [1.29, 1.82) is 0 Å². The average Bonchev–Trinajstić information content (AvgIpc) is 2.50. The van der Waals surface area contributed by atoms with E-state index in [9.17, 15) is 14.9 Å². The normalized spacial score (nSPS) is 11.4. The molecule has 7 nitrogen and oxygen atoms in total. The molecule has 0 fully saturated rings. The molecule has 0 saturated heterocycles. The van der Waals surface area contributed by atoms with Crippen LogP contribution in [-0.4, -0.2) is 31.7 Å². The first kappa shape index (κ1) is 17.0. The zero-order valence-corrected chi connectivity index (χ0v) is 13.1. The molecule has 1 aromatic rings. The molecule has 1 atom stereocenters. The average molecular weight is 360 g/mol. The highest BCUT2D eigenvalue weighted by molar-refractivity contribution is 9.09. The van der Waals surface area contributed by atoms with Crippen LogP contribution >= 0.6 is 15.9 Å². The summed E-state index contributed by atoms with van der Waals surface area (Å²) in [4.78, 5) is 21.4. The van der Waals surface area contributed by atoms with E-state index in [2.05, 4.69) is 22.5 Å². The number of nitro benzene ring substituents is 1. The maximum atomic E-state index is 11.8. The van der Waals surface area contributed by atoms with Gasteiger partial charge in [-0.2, -0.15) is 0 Å². The molecule has 0 aromatic heterocycles. The number of nitro groups is 1. The van der Waals surface area contributed by atoms with Gasteiger partial charge in [0, 0.05) is 0 Å². The van der Waals surface area contributed by atoms with E-state index in [1.54, 1.807) is 0 Å². The lowest BCUT2D eigenvalue weighted by atomic mass is 10.1. The van der Waals surface area contributed by atoms with Gasteiger partial charge in [0.05, 0.1) is 30.8 Å². The van der Waals surface area contributed by atoms with Crippen molar-refractivity contribution in [3.8, 4) is 11.5 Å². The van der Waals surface area contributed by atoms with Crippen LogP contribution in [0.5, 0.6) is 11.5 Å². The van der Waals surface area contributed by atoms with E-state index in [0.29, 0.717) is 0 Å². The zero-order chi connectivity index (χ0) is 16.0. The van der Waals surface area contributed by atoms with Gasteiger partial charge in [-0.25, -0.2) is 0 Å². The molecule has 0 aliphatic carbocycles. The molecule has 0 amide bonds. The first-order chi connectivity index (χ1) is 9.96. The van der Waals surface area contributed by atoms with E-state index in [1.165, 1.54) is 32.4 Å². The third-order valence-electron chi connectivity index (χ3n) is 2.55. The number of hydrogen-bond donors (Lipinski definition) is 0. The number of methoxy groups -OCH3 is 2. The lowest BCUT2D eigenvalue weighted by Gasteiger charge is -2.13. The number of rotatable bonds is 7. The van der Waals surface area contributed by atoms with Crippen molar-refractivity contribution in [2.24, 2.45) is 0 Å². The molecule has 0 N–H and O–H groups in total. The lowest BCUT2D eigenvalue weighted by Crippen LogP contribution is -2.13. The molecular formula is C13H14BrNO6. The van der Waals surface area contributed by atoms with Crippen LogP contribution in [0, 0.1) is 10.1 Å². The number of nitrogens with zero attached hydrogens (tertiary/aromatic N) is 1. The van der Waals surface area contributed by atoms with Gasteiger partial charge in [0.25, 0.3) is 5.69 Å².